The number of piperidine rings is 1. The summed E-state index contributed by atoms with van der Waals surface area (Å²) >= 11 is 6.09. The summed E-state index contributed by atoms with van der Waals surface area (Å²) in [4.78, 5) is 23.9. The molecule has 0 spiro atoms. The predicted molar refractivity (Wildman–Crippen MR) is 110 cm³/mol. The summed E-state index contributed by atoms with van der Waals surface area (Å²) in [5.41, 5.74) is 1.79. The first kappa shape index (κ1) is 18.1. The average molecular weight is 385 g/mol. The Balaban J connectivity index is 1.36. The van der Waals surface area contributed by atoms with Crippen LogP contribution in [0.5, 0.6) is 0 Å². The van der Waals surface area contributed by atoms with Crippen molar-refractivity contribution in [2.75, 3.05) is 49.1 Å². The van der Waals surface area contributed by atoms with E-state index in [4.69, 9.17) is 11.6 Å². The van der Waals surface area contributed by atoms with Crippen LogP contribution >= 0.6 is 11.6 Å². The molecule has 2 aromatic rings. The van der Waals surface area contributed by atoms with Crippen molar-refractivity contribution in [2.45, 2.75) is 19.3 Å². The second kappa shape index (κ2) is 8.17. The molecule has 2 fully saturated rings. The van der Waals surface area contributed by atoms with E-state index < -0.39 is 0 Å². The van der Waals surface area contributed by atoms with Crippen LogP contribution in [0.2, 0.25) is 5.02 Å². The molecule has 0 atom stereocenters. The predicted octanol–water partition coefficient (Wildman–Crippen LogP) is 3.69. The number of nitrogens with zero attached hydrogens (tertiary/aromatic N) is 4. The van der Waals surface area contributed by atoms with Gasteiger partial charge < -0.3 is 14.7 Å². The van der Waals surface area contributed by atoms with Crippen LogP contribution in [0, 0.1) is 0 Å². The number of amides is 1. The first-order valence-corrected chi connectivity index (χ1v) is 10.1. The fourth-order valence-corrected chi connectivity index (χ4v) is 4.03. The van der Waals surface area contributed by atoms with Crippen LogP contribution in [0.1, 0.15) is 29.6 Å². The van der Waals surface area contributed by atoms with E-state index in [2.05, 4.69) is 20.9 Å². The highest BCUT2D eigenvalue weighted by atomic mass is 35.5. The minimum atomic E-state index is 0.0680. The third-order valence-electron chi connectivity index (χ3n) is 5.42. The standard InChI is InChI=1S/C21H25ClN4O/c22-18-5-4-6-19(15-18)24-11-13-26(14-12-24)21(27)17-7-8-20(23-16-17)25-9-2-1-3-10-25/h4-8,15-16H,1-3,9-14H2. The molecule has 2 saturated heterocycles. The number of hydrogen-bond donors (Lipinski definition) is 0. The van der Waals surface area contributed by atoms with Gasteiger partial charge in [-0.05, 0) is 49.6 Å². The Morgan fingerprint density at radius 3 is 2.33 bits per heavy atom. The number of halogens is 1. The molecule has 2 aliphatic rings. The molecule has 3 heterocycles. The van der Waals surface area contributed by atoms with Crippen molar-refractivity contribution in [2.24, 2.45) is 0 Å². The molecular formula is C21H25ClN4O. The fraction of sp³-hybridized carbons (Fsp3) is 0.429. The van der Waals surface area contributed by atoms with Gasteiger partial charge in [-0.2, -0.15) is 0 Å². The van der Waals surface area contributed by atoms with E-state index in [9.17, 15) is 4.79 Å². The molecule has 27 heavy (non-hydrogen) atoms. The number of rotatable bonds is 3. The molecule has 4 rings (SSSR count). The van der Waals surface area contributed by atoms with Gasteiger partial charge in [0.15, 0.2) is 0 Å². The van der Waals surface area contributed by atoms with Crippen molar-refractivity contribution in [1.82, 2.24) is 9.88 Å². The van der Waals surface area contributed by atoms with Gasteiger partial charge in [-0.3, -0.25) is 4.79 Å². The number of hydrogen-bond acceptors (Lipinski definition) is 4. The first-order valence-electron chi connectivity index (χ1n) is 9.71. The van der Waals surface area contributed by atoms with E-state index in [-0.39, 0.29) is 5.91 Å². The molecule has 2 aliphatic heterocycles. The second-order valence-electron chi connectivity index (χ2n) is 7.21. The molecule has 1 aromatic carbocycles. The highest BCUT2D eigenvalue weighted by Gasteiger charge is 2.23. The zero-order valence-electron chi connectivity index (χ0n) is 15.5. The quantitative estimate of drug-likeness (QED) is 0.809. The highest BCUT2D eigenvalue weighted by molar-refractivity contribution is 6.30. The molecule has 0 N–H and O–H groups in total. The normalized spacial score (nSPS) is 17.9. The molecule has 6 heteroatoms. The molecule has 1 amide bonds. The molecule has 142 valence electrons. The first-order chi connectivity index (χ1) is 13.2. The maximum atomic E-state index is 12.8. The van der Waals surface area contributed by atoms with Gasteiger partial charge in [0, 0.05) is 56.2 Å². The third kappa shape index (κ3) is 4.19. The van der Waals surface area contributed by atoms with Crippen LogP contribution in [0.25, 0.3) is 0 Å². The highest BCUT2D eigenvalue weighted by Crippen LogP contribution is 2.22. The van der Waals surface area contributed by atoms with E-state index in [1.807, 2.05) is 35.2 Å². The number of carbonyl (C=O) groups excluding carboxylic acids is 1. The van der Waals surface area contributed by atoms with Gasteiger partial charge in [0.05, 0.1) is 5.56 Å². The molecule has 1 aromatic heterocycles. The van der Waals surface area contributed by atoms with Gasteiger partial charge in [0.1, 0.15) is 5.82 Å². The van der Waals surface area contributed by atoms with Gasteiger partial charge in [0.2, 0.25) is 0 Å². The van der Waals surface area contributed by atoms with Crippen molar-refractivity contribution < 1.29 is 4.79 Å². The van der Waals surface area contributed by atoms with Crippen LogP contribution in [0.15, 0.2) is 42.6 Å². The molecular weight excluding hydrogens is 360 g/mol. The number of carbonyl (C=O) groups is 1. The number of aromatic nitrogens is 1. The summed E-state index contributed by atoms with van der Waals surface area (Å²) in [6, 6.07) is 11.8. The monoisotopic (exact) mass is 384 g/mol. The minimum absolute atomic E-state index is 0.0680. The maximum absolute atomic E-state index is 12.8. The lowest BCUT2D eigenvalue weighted by molar-refractivity contribution is 0.0746. The second-order valence-corrected chi connectivity index (χ2v) is 7.65. The largest absolute Gasteiger partial charge is 0.368 e. The third-order valence-corrected chi connectivity index (χ3v) is 5.65. The molecule has 0 unspecified atom stereocenters. The maximum Gasteiger partial charge on any atom is 0.255 e. The number of benzene rings is 1. The van der Waals surface area contributed by atoms with Crippen molar-refractivity contribution in [3.05, 3.63) is 53.2 Å². The van der Waals surface area contributed by atoms with E-state index in [1.54, 1.807) is 6.20 Å². The number of anilines is 2. The Kier molecular flexibility index (Phi) is 5.48. The summed E-state index contributed by atoms with van der Waals surface area (Å²) < 4.78 is 0. The smallest absolute Gasteiger partial charge is 0.255 e. The van der Waals surface area contributed by atoms with Crippen LogP contribution in [0.4, 0.5) is 11.5 Å². The lowest BCUT2D eigenvalue weighted by Gasteiger charge is -2.36. The van der Waals surface area contributed by atoms with Crippen LogP contribution < -0.4 is 9.80 Å². The van der Waals surface area contributed by atoms with E-state index in [0.29, 0.717) is 18.7 Å². The molecule has 0 saturated carbocycles. The Bertz CT molecular complexity index is 781. The van der Waals surface area contributed by atoms with Crippen molar-refractivity contribution >= 4 is 29.0 Å². The van der Waals surface area contributed by atoms with Gasteiger partial charge in [0.25, 0.3) is 5.91 Å². The topological polar surface area (TPSA) is 39.7 Å². The van der Waals surface area contributed by atoms with Crippen LogP contribution in [0.3, 0.4) is 0 Å². The summed E-state index contributed by atoms with van der Waals surface area (Å²) in [6.45, 7) is 5.16. The van der Waals surface area contributed by atoms with Crippen molar-refractivity contribution in [1.29, 1.82) is 0 Å². The molecule has 0 bridgehead atoms. The average Bonchev–Trinajstić information content (AvgIpc) is 2.74. The van der Waals surface area contributed by atoms with Gasteiger partial charge in [-0.1, -0.05) is 17.7 Å². The SMILES string of the molecule is O=C(c1ccc(N2CCCCC2)nc1)N1CCN(c2cccc(Cl)c2)CC1. The van der Waals surface area contributed by atoms with E-state index in [1.165, 1.54) is 19.3 Å². The van der Waals surface area contributed by atoms with Crippen LogP contribution in [-0.2, 0) is 0 Å². The number of pyridine rings is 1. The fourth-order valence-electron chi connectivity index (χ4n) is 3.85. The summed E-state index contributed by atoms with van der Waals surface area (Å²) in [5.74, 6) is 1.05. The summed E-state index contributed by atoms with van der Waals surface area (Å²) in [7, 11) is 0. The minimum Gasteiger partial charge on any atom is -0.368 e. The van der Waals surface area contributed by atoms with Crippen molar-refractivity contribution in [3.8, 4) is 0 Å². The summed E-state index contributed by atoms with van der Waals surface area (Å²) in [6.07, 6.45) is 5.47. The van der Waals surface area contributed by atoms with Gasteiger partial charge in [-0.25, -0.2) is 4.98 Å². The van der Waals surface area contributed by atoms with E-state index in [0.717, 1.165) is 42.7 Å². The Hall–Kier alpha value is -2.27. The van der Waals surface area contributed by atoms with Crippen molar-refractivity contribution in [3.63, 3.8) is 0 Å². The zero-order valence-corrected chi connectivity index (χ0v) is 16.2. The van der Waals surface area contributed by atoms with Gasteiger partial charge >= 0.3 is 0 Å². The van der Waals surface area contributed by atoms with Crippen LogP contribution in [-0.4, -0.2) is 55.1 Å². The Labute approximate surface area is 165 Å². The Morgan fingerprint density at radius 1 is 0.889 bits per heavy atom. The van der Waals surface area contributed by atoms with E-state index >= 15 is 0 Å². The van der Waals surface area contributed by atoms with Gasteiger partial charge in [-0.15, -0.1) is 0 Å². The lowest BCUT2D eigenvalue weighted by atomic mass is 10.1. The Morgan fingerprint density at radius 2 is 1.67 bits per heavy atom. The zero-order chi connectivity index (χ0) is 18.6. The molecule has 5 nitrogen and oxygen atoms in total. The summed E-state index contributed by atoms with van der Waals surface area (Å²) in [5, 5.41) is 0.742. The molecule has 0 aliphatic carbocycles. The molecule has 0 radical (unpaired) electrons. The lowest BCUT2D eigenvalue weighted by Crippen LogP contribution is -2.48. The number of piperazine rings is 1.